The van der Waals surface area contributed by atoms with E-state index in [0.717, 1.165) is 66.7 Å². The predicted molar refractivity (Wildman–Crippen MR) is 139 cm³/mol. The Kier molecular flexibility index (Phi) is 10.9. The van der Waals surface area contributed by atoms with E-state index in [0.29, 0.717) is 11.7 Å². The maximum atomic E-state index is 5.38. The average Bonchev–Trinajstić information content (AvgIpc) is 3.38. The van der Waals surface area contributed by atoms with E-state index >= 15 is 0 Å². The van der Waals surface area contributed by atoms with Crippen molar-refractivity contribution in [2.24, 2.45) is 4.99 Å². The molecule has 2 aromatic heterocycles. The molecule has 2 N–H and O–H groups in total. The van der Waals surface area contributed by atoms with E-state index in [-0.39, 0.29) is 24.0 Å². The molecule has 2 heterocycles. The summed E-state index contributed by atoms with van der Waals surface area (Å²) in [7, 11) is 3.43. The van der Waals surface area contributed by atoms with E-state index in [1.807, 2.05) is 38.1 Å². The molecule has 1 aromatic carbocycles. The van der Waals surface area contributed by atoms with Crippen LogP contribution in [0, 0.1) is 13.8 Å². The Morgan fingerprint density at radius 2 is 1.88 bits per heavy atom. The fraction of sp³-hybridized carbons (Fsp3) is 0.455. The zero-order valence-electron chi connectivity index (χ0n) is 19.0. The number of guanidine groups is 1. The van der Waals surface area contributed by atoms with Gasteiger partial charge in [0.2, 0.25) is 11.7 Å². The van der Waals surface area contributed by atoms with Gasteiger partial charge in [-0.3, -0.25) is 4.99 Å². The van der Waals surface area contributed by atoms with Gasteiger partial charge in [0.1, 0.15) is 5.75 Å². The molecule has 0 atom stereocenters. The summed E-state index contributed by atoms with van der Waals surface area (Å²) < 4.78 is 10.6. The van der Waals surface area contributed by atoms with E-state index in [4.69, 9.17) is 9.26 Å². The van der Waals surface area contributed by atoms with Gasteiger partial charge in [-0.25, -0.2) is 4.98 Å². The van der Waals surface area contributed by atoms with Crippen molar-refractivity contribution >= 4 is 41.3 Å². The summed E-state index contributed by atoms with van der Waals surface area (Å²) in [6.07, 6.45) is 3.88. The normalized spacial score (nSPS) is 11.2. The second-order valence-corrected chi connectivity index (χ2v) is 8.43. The Bertz CT molecular complexity index is 987. The summed E-state index contributed by atoms with van der Waals surface area (Å²) in [6.45, 7) is 5.68. The number of hydrogen-bond acceptors (Lipinski definition) is 7. The highest BCUT2D eigenvalue weighted by molar-refractivity contribution is 14.0. The Balaban J connectivity index is 0.00000363. The molecule has 0 aliphatic heterocycles. The summed E-state index contributed by atoms with van der Waals surface area (Å²) >= 11 is 1.72. The van der Waals surface area contributed by atoms with Crippen molar-refractivity contribution < 1.29 is 9.26 Å². The third kappa shape index (κ3) is 7.73. The molecule has 0 aliphatic carbocycles. The zero-order chi connectivity index (χ0) is 22.1. The zero-order valence-corrected chi connectivity index (χ0v) is 22.1. The van der Waals surface area contributed by atoms with Crippen LogP contribution in [-0.2, 0) is 13.0 Å². The van der Waals surface area contributed by atoms with Gasteiger partial charge in [0.25, 0.3) is 0 Å². The molecule has 174 valence electrons. The molecule has 3 aromatic rings. The van der Waals surface area contributed by atoms with Crippen molar-refractivity contribution in [1.29, 1.82) is 0 Å². The number of benzene rings is 1. The molecular formula is C22H31IN6O2S. The minimum atomic E-state index is 0. The maximum Gasteiger partial charge on any atom is 0.226 e. The number of nitrogens with zero attached hydrogens (tertiary/aromatic N) is 4. The second-order valence-electron chi connectivity index (χ2n) is 7.14. The molecule has 0 unspecified atom stereocenters. The molecule has 0 spiro atoms. The number of ether oxygens (including phenoxy) is 1. The fourth-order valence-corrected chi connectivity index (χ4v) is 4.00. The van der Waals surface area contributed by atoms with Crippen LogP contribution in [0.4, 0.5) is 0 Å². The lowest BCUT2D eigenvalue weighted by Crippen LogP contribution is -2.37. The topological polar surface area (TPSA) is 97.5 Å². The molecule has 0 bridgehead atoms. The number of rotatable bonds is 10. The SMILES string of the molecule is CN=C(NCCCCCc1nc(-c2ccc(OC)cc2)no1)NCc1sc(C)nc1C.I. The molecule has 0 amide bonds. The lowest BCUT2D eigenvalue weighted by molar-refractivity contribution is 0.374. The van der Waals surface area contributed by atoms with Crippen molar-refractivity contribution in [2.75, 3.05) is 20.7 Å². The van der Waals surface area contributed by atoms with Gasteiger partial charge in [0.05, 0.1) is 24.4 Å². The fourth-order valence-electron chi connectivity index (χ4n) is 3.12. The van der Waals surface area contributed by atoms with Gasteiger partial charge in [0, 0.05) is 30.5 Å². The summed E-state index contributed by atoms with van der Waals surface area (Å²) in [5, 5.41) is 11.9. The Hall–Kier alpha value is -2.21. The summed E-state index contributed by atoms with van der Waals surface area (Å²) in [4.78, 5) is 14.5. The number of unbranched alkanes of at least 4 members (excludes halogenated alkanes) is 2. The van der Waals surface area contributed by atoms with E-state index in [1.54, 1.807) is 25.5 Å². The molecule has 0 saturated carbocycles. The van der Waals surface area contributed by atoms with Gasteiger partial charge in [-0.05, 0) is 51.0 Å². The molecule has 0 fully saturated rings. The summed E-state index contributed by atoms with van der Waals surface area (Å²) in [5.41, 5.74) is 2.00. The first-order valence-corrected chi connectivity index (χ1v) is 11.2. The molecule has 0 saturated heterocycles. The van der Waals surface area contributed by atoms with Crippen molar-refractivity contribution in [3.05, 3.63) is 45.7 Å². The Morgan fingerprint density at radius 3 is 2.53 bits per heavy atom. The molecule has 0 aliphatic rings. The Morgan fingerprint density at radius 1 is 1.09 bits per heavy atom. The number of aryl methyl sites for hydroxylation is 3. The third-order valence-electron chi connectivity index (χ3n) is 4.82. The first-order valence-electron chi connectivity index (χ1n) is 10.4. The highest BCUT2D eigenvalue weighted by Crippen LogP contribution is 2.20. The van der Waals surface area contributed by atoms with E-state index in [1.165, 1.54) is 4.88 Å². The minimum absolute atomic E-state index is 0. The molecule has 8 nitrogen and oxygen atoms in total. The quantitative estimate of drug-likeness (QED) is 0.160. The standard InChI is InChI=1S/C22H30N6O2S.HI/c1-15-19(31-16(2)26-15)14-25-22(23-3)24-13-7-5-6-8-20-27-21(28-30-20)17-9-11-18(29-4)12-10-17;/h9-12H,5-8,13-14H2,1-4H3,(H2,23,24,25);1H. The van der Waals surface area contributed by atoms with Gasteiger partial charge >= 0.3 is 0 Å². The first kappa shape index (κ1) is 26.0. The van der Waals surface area contributed by atoms with Crippen molar-refractivity contribution in [3.63, 3.8) is 0 Å². The van der Waals surface area contributed by atoms with E-state index in [9.17, 15) is 0 Å². The highest BCUT2D eigenvalue weighted by atomic mass is 127. The van der Waals surface area contributed by atoms with Gasteiger partial charge in [-0.15, -0.1) is 35.3 Å². The summed E-state index contributed by atoms with van der Waals surface area (Å²) in [5.74, 6) is 2.90. The number of halogens is 1. The predicted octanol–water partition coefficient (Wildman–Crippen LogP) is 4.51. The van der Waals surface area contributed by atoms with E-state index < -0.39 is 0 Å². The van der Waals surface area contributed by atoms with Gasteiger partial charge in [-0.2, -0.15) is 4.98 Å². The van der Waals surface area contributed by atoms with Gasteiger partial charge < -0.3 is 19.9 Å². The number of hydrogen-bond donors (Lipinski definition) is 2. The number of nitrogens with one attached hydrogen (secondary N) is 2. The van der Waals surface area contributed by atoms with Crippen molar-refractivity contribution in [3.8, 4) is 17.1 Å². The van der Waals surface area contributed by atoms with Crippen LogP contribution in [0.2, 0.25) is 0 Å². The molecule has 32 heavy (non-hydrogen) atoms. The van der Waals surface area contributed by atoms with Gasteiger partial charge in [-0.1, -0.05) is 11.6 Å². The van der Waals surface area contributed by atoms with Crippen LogP contribution in [0.25, 0.3) is 11.4 Å². The molecule has 3 rings (SSSR count). The monoisotopic (exact) mass is 570 g/mol. The van der Waals surface area contributed by atoms with Crippen LogP contribution in [-0.4, -0.2) is 41.8 Å². The first-order chi connectivity index (χ1) is 15.1. The van der Waals surface area contributed by atoms with Crippen molar-refractivity contribution in [2.45, 2.75) is 46.1 Å². The average molecular weight is 571 g/mol. The molecule has 0 radical (unpaired) electrons. The van der Waals surface area contributed by atoms with Crippen LogP contribution in [0.15, 0.2) is 33.8 Å². The lowest BCUT2D eigenvalue weighted by atomic mass is 10.2. The van der Waals surface area contributed by atoms with Crippen LogP contribution in [0.1, 0.15) is 40.7 Å². The summed E-state index contributed by atoms with van der Waals surface area (Å²) in [6, 6.07) is 7.64. The molecule has 10 heteroatoms. The van der Waals surface area contributed by atoms with Crippen LogP contribution in [0.5, 0.6) is 5.75 Å². The van der Waals surface area contributed by atoms with Crippen LogP contribution >= 0.6 is 35.3 Å². The van der Waals surface area contributed by atoms with Gasteiger partial charge in [0.15, 0.2) is 5.96 Å². The Labute approximate surface area is 210 Å². The van der Waals surface area contributed by atoms with E-state index in [2.05, 4.69) is 30.8 Å². The second kappa shape index (κ2) is 13.4. The smallest absolute Gasteiger partial charge is 0.226 e. The largest absolute Gasteiger partial charge is 0.497 e. The number of methoxy groups -OCH3 is 1. The van der Waals surface area contributed by atoms with Crippen LogP contribution in [0.3, 0.4) is 0 Å². The van der Waals surface area contributed by atoms with Crippen LogP contribution < -0.4 is 15.4 Å². The highest BCUT2D eigenvalue weighted by Gasteiger charge is 2.09. The number of aliphatic imine (C=N–C) groups is 1. The van der Waals surface area contributed by atoms with Crippen molar-refractivity contribution in [1.82, 2.24) is 25.8 Å². The third-order valence-corrected chi connectivity index (χ3v) is 5.89. The number of aromatic nitrogens is 3. The molecular weight excluding hydrogens is 539 g/mol. The minimum Gasteiger partial charge on any atom is -0.497 e. The lowest BCUT2D eigenvalue weighted by Gasteiger charge is -2.11. The maximum absolute atomic E-state index is 5.38. The number of thiazole rings is 1.